The summed E-state index contributed by atoms with van der Waals surface area (Å²) in [5, 5.41) is 10.2. The van der Waals surface area contributed by atoms with E-state index in [0.717, 1.165) is 17.9 Å². The summed E-state index contributed by atoms with van der Waals surface area (Å²) in [5.41, 5.74) is 0.289. The average Bonchev–Trinajstić information content (AvgIpc) is 2.39. The highest BCUT2D eigenvalue weighted by Crippen LogP contribution is 2.25. The Morgan fingerprint density at radius 3 is 3.00 bits per heavy atom. The fourth-order valence-corrected chi connectivity index (χ4v) is 2.29. The molecule has 0 bridgehead atoms. The second-order valence-electron chi connectivity index (χ2n) is 2.69. The molecule has 62 valence electrons. The van der Waals surface area contributed by atoms with E-state index in [0.29, 0.717) is 5.92 Å². The third-order valence-electron chi connectivity index (χ3n) is 1.73. The molecule has 1 heterocycles. The van der Waals surface area contributed by atoms with Crippen LogP contribution in [-0.2, 0) is 0 Å². The van der Waals surface area contributed by atoms with Gasteiger partial charge >= 0.3 is 0 Å². The maximum absolute atomic E-state index is 10.2. The molecule has 1 fully saturated rings. The minimum atomic E-state index is -0.316. The van der Waals surface area contributed by atoms with Gasteiger partial charge in [0.25, 0.3) is 0 Å². The van der Waals surface area contributed by atoms with Gasteiger partial charge in [-0.15, -0.1) is 0 Å². The Balaban J connectivity index is 2.49. The predicted molar refractivity (Wildman–Crippen MR) is 46.2 cm³/mol. The number of nitro groups is 1. The summed E-state index contributed by atoms with van der Waals surface area (Å²) in [6, 6.07) is 0. The summed E-state index contributed by atoms with van der Waals surface area (Å²) >= 11 is 1.87. The van der Waals surface area contributed by atoms with E-state index in [9.17, 15) is 10.1 Å². The smallest absolute Gasteiger partial charge is 0.239 e. The zero-order valence-electron chi connectivity index (χ0n) is 6.45. The van der Waals surface area contributed by atoms with Crippen molar-refractivity contribution in [3.05, 3.63) is 21.9 Å². The van der Waals surface area contributed by atoms with E-state index in [2.05, 4.69) is 0 Å². The minimum absolute atomic E-state index is 0.289. The molecule has 1 unspecified atom stereocenters. The van der Waals surface area contributed by atoms with Crippen LogP contribution in [0.25, 0.3) is 0 Å². The number of allylic oxidation sites excluding steroid dienone is 2. The van der Waals surface area contributed by atoms with Crippen molar-refractivity contribution in [1.82, 2.24) is 0 Å². The van der Waals surface area contributed by atoms with Crippen LogP contribution >= 0.6 is 11.8 Å². The molecule has 0 aromatic rings. The molecule has 0 amide bonds. The van der Waals surface area contributed by atoms with Crippen molar-refractivity contribution in [3.8, 4) is 0 Å². The van der Waals surface area contributed by atoms with Crippen molar-refractivity contribution in [2.45, 2.75) is 13.3 Å². The molecule has 0 aromatic heterocycles. The van der Waals surface area contributed by atoms with E-state index in [4.69, 9.17) is 0 Å². The summed E-state index contributed by atoms with van der Waals surface area (Å²) in [7, 11) is 0. The molecule has 0 aromatic carbocycles. The first-order chi connectivity index (χ1) is 5.20. The highest BCUT2D eigenvalue weighted by molar-refractivity contribution is 7.99. The number of thioether (sulfide) groups is 1. The van der Waals surface area contributed by atoms with E-state index in [1.807, 2.05) is 11.8 Å². The molecule has 1 atom stereocenters. The maximum atomic E-state index is 10.2. The lowest BCUT2D eigenvalue weighted by molar-refractivity contribution is -0.424. The Kier molecular flexibility index (Phi) is 2.93. The molecule has 0 saturated carbocycles. The monoisotopic (exact) mass is 173 g/mol. The first kappa shape index (κ1) is 8.59. The summed E-state index contributed by atoms with van der Waals surface area (Å²) in [6.45, 7) is 1.56. The molecule has 0 N–H and O–H groups in total. The molecule has 0 aliphatic carbocycles. The van der Waals surface area contributed by atoms with Gasteiger partial charge in [-0.3, -0.25) is 10.1 Å². The van der Waals surface area contributed by atoms with Crippen LogP contribution in [0.4, 0.5) is 0 Å². The normalized spacial score (nSPS) is 25.5. The number of hydrogen-bond donors (Lipinski definition) is 0. The van der Waals surface area contributed by atoms with Gasteiger partial charge in [0.1, 0.15) is 0 Å². The largest absolute Gasteiger partial charge is 0.259 e. The zero-order chi connectivity index (χ0) is 8.27. The summed E-state index contributed by atoms with van der Waals surface area (Å²) < 4.78 is 0. The Bertz CT molecular complexity index is 185. The van der Waals surface area contributed by atoms with Gasteiger partial charge in [0.2, 0.25) is 5.70 Å². The van der Waals surface area contributed by atoms with Gasteiger partial charge in [-0.05, 0) is 29.9 Å². The predicted octanol–water partition coefficient (Wildman–Crippen LogP) is 1.92. The van der Waals surface area contributed by atoms with Gasteiger partial charge < -0.3 is 0 Å². The molecule has 0 radical (unpaired) electrons. The summed E-state index contributed by atoms with van der Waals surface area (Å²) in [4.78, 5) is 9.90. The van der Waals surface area contributed by atoms with E-state index in [-0.39, 0.29) is 10.6 Å². The second kappa shape index (κ2) is 3.76. The van der Waals surface area contributed by atoms with Crippen LogP contribution in [0.5, 0.6) is 0 Å². The lowest BCUT2D eigenvalue weighted by Crippen LogP contribution is -1.99. The molecule has 1 rings (SSSR count). The molecule has 3 nitrogen and oxygen atoms in total. The number of nitrogens with zero attached hydrogens (tertiary/aromatic N) is 1. The van der Waals surface area contributed by atoms with Crippen LogP contribution in [0, 0.1) is 16.0 Å². The van der Waals surface area contributed by atoms with Crippen LogP contribution in [0.15, 0.2) is 11.8 Å². The fourth-order valence-electron chi connectivity index (χ4n) is 1.09. The van der Waals surface area contributed by atoms with Gasteiger partial charge in [-0.25, -0.2) is 0 Å². The van der Waals surface area contributed by atoms with Crippen LogP contribution < -0.4 is 0 Å². The van der Waals surface area contributed by atoms with E-state index in [1.165, 1.54) is 0 Å². The molecular formula is C7H11NO2S. The quantitative estimate of drug-likeness (QED) is 0.473. The first-order valence-corrected chi connectivity index (χ1v) is 4.76. The fraction of sp³-hybridized carbons (Fsp3) is 0.714. The molecule has 1 aliphatic rings. The molecular weight excluding hydrogens is 162 g/mol. The SMILES string of the molecule is CC(=CC1CCSC1)[N+](=O)[O-]. The van der Waals surface area contributed by atoms with Crippen molar-refractivity contribution in [3.63, 3.8) is 0 Å². The molecule has 0 spiro atoms. The van der Waals surface area contributed by atoms with Crippen LogP contribution in [0.2, 0.25) is 0 Å². The third kappa shape index (κ3) is 2.54. The van der Waals surface area contributed by atoms with Crippen molar-refractivity contribution < 1.29 is 4.92 Å². The molecule has 4 heteroatoms. The van der Waals surface area contributed by atoms with Gasteiger partial charge in [0.05, 0.1) is 4.92 Å². The Morgan fingerprint density at radius 1 is 1.82 bits per heavy atom. The summed E-state index contributed by atoms with van der Waals surface area (Å²) in [5.74, 6) is 2.63. The Hall–Kier alpha value is -0.510. The van der Waals surface area contributed by atoms with E-state index >= 15 is 0 Å². The van der Waals surface area contributed by atoms with Crippen molar-refractivity contribution >= 4 is 11.8 Å². The lowest BCUT2D eigenvalue weighted by atomic mass is 10.1. The first-order valence-electron chi connectivity index (χ1n) is 3.60. The van der Waals surface area contributed by atoms with Gasteiger partial charge in [0, 0.05) is 6.92 Å². The number of hydrogen-bond acceptors (Lipinski definition) is 3. The third-order valence-corrected chi connectivity index (χ3v) is 2.92. The lowest BCUT2D eigenvalue weighted by Gasteiger charge is -1.97. The highest BCUT2D eigenvalue weighted by atomic mass is 32.2. The van der Waals surface area contributed by atoms with Crippen molar-refractivity contribution in [2.24, 2.45) is 5.92 Å². The van der Waals surface area contributed by atoms with Crippen molar-refractivity contribution in [2.75, 3.05) is 11.5 Å². The van der Waals surface area contributed by atoms with Gasteiger partial charge in [-0.1, -0.05) is 0 Å². The zero-order valence-corrected chi connectivity index (χ0v) is 7.26. The van der Waals surface area contributed by atoms with Crippen LogP contribution in [0.3, 0.4) is 0 Å². The van der Waals surface area contributed by atoms with E-state index < -0.39 is 0 Å². The maximum Gasteiger partial charge on any atom is 0.239 e. The molecule has 1 aliphatic heterocycles. The topological polar surface area (TPSA) is 43.1 Å². The van der Waals surface area contributed by atoms with Gasteiger partial charge in [-0.2, -0.15) is 11.8 Å². The van der Waals surface area contributed by atoms with Crippen LogP contribution in [-0.4, -0.2) is 16.4 Å². The average molecular weight is 173 g/mol. The molecule has 1 saturated heterocycles. The minimum Gasteiger partial charge on any atom is -0.259 e. The number of rotatable bonds is 2. The second-order valence-corrected chi connectivity index (χ2v) is 3.84. The van der Waals surface area contributed by atoms with Gasteiger partial charge in [0.15, 0.2) is 0 Å². The summed E-state index contributed by atoms with van der Waals surface area (Å²) in [6.07, 6.45) is 2.87. The van der Waals surface area contributed by atoms with Crippen LogP contribution in [0.1, 0.15) is 13.3 Å². The molecule has 11 heavy (non-hydrogen) atoms. The standard InChI is InChI=1S/C7H11NO2S/c1-6(8(9)10)4-7-2-3-11-5-7/h4,7H,2-3,5H2,1H3. The highest BCUT2D eigenvalue weighted by Gasteiger charge is 2.15. The Morgan fingerprint density at radius 2 is 2.55 bits per heavy atom. The van der Waals surface area contributed by atoms with Crippen molar-refractivity contribution in [1.29, 1.82) is 0 Å². The van der Waals surface area contributed by atoms with E-state index in [1.54, 1.807) is 13.0 Å². The Labute approximate surface area is 70.0 Å².